The Labute approximate surface area is 107 Å². The second kappa shape index (κ2) is 6.55. The van der Waals surface area contributed by atoms with Crippen molar-refractivity contribution in [3.8, 4) is 0 Å². The molecule has 1 heterocycles. The molecule has 2 nitrogen and oxygen atoms in total. The fourth-order valence-corrected chi connectivity index (χ4v) is 3.03. The third-order valence-corrected chi connectivity index (χ3v) is 3.83. The van der Waals surface area contributed by atoms with Crippen molar-refractivity contribution in [1.82, 2.24) is 4.98 Å². The molecule has 0 saturated carbocycles. The smallest absolute Gasteiger partial charge is 0.117 e. The summed E-state index contributed by atoms with van der Waals surface area (Å²) in [7, 11) is 1.80. The van der Waals surface area contributed by atoms with Gasteiger partial charge in [0.1, 0.15) is 10.7 Å². The number of hydrogen-bond donors (Lipinski definition) is 0. The summed E-state index contributed by atoms with van der Waals surface area (Å²) in [5.74, 6) is 1.04. The molecule has 5 heteroatoms. The third-order valence-electron chi connectivity index (χ3n) is 1.72. The van der Waals surface area contributed by atoms with Crippen LogP contribution in [0.15, 0.2) is 26.6 Å². The molecule has 15 heavy (non-hydrogen) atoms. The molecule has 0 aromatic carbocycles. The molecule has 0 fully saturated rings. The van der Waals surface area contributed by atoms with Crippen LogP contribution in [0.4, 0.5) is 0 Å². The number of pyridine rings is 1. The van der Waals surface area contributed by atoms with Crippen LogP contribution in [0, 0.1) is 0 Å². The molecule has 0 spiro atoms. The van der Waals surface area contributed by atoms with E-state index in [9.17, 15) is 0 Å². The first kappa shape index (κ1) is 13.1. The summed E-state index contributed by atoms with van der Waals surface area (Å²) in [4.78, 5) is 9.84. The Balaban J connectivity index is 3.15. The molecule has 1 aromatic heterocycles. The maximum Gasteiger partial charge on any atom is 0.117 e. The fourth-order valence-electron chi connectivity index (χ4n) is 1.14. The molecule has 0 saturated heterocycles. The van der Waals surface area contributed by atoms with Gasteiger partial charge in [0.15, 0.2) is 0 Å². The van der Waals surface area contributed by atoms with Crippen molar-refractivity contribution in [2.45, 2.75) is 11.8 Å². The second-order valence-corrected chi connectivity index (χ2v) is 5.68. The van der Waals surface area contributed by atoms with E-state index in [0.29, 0.717) is 0 Å². The van der Waals surface area contributed by atoms with Crippen LogP contribution < -0.4 is 0 Å². The molecule has 0 amide bonds. The Morgan fingerprint density at radius 3 is 2.87 bits per heavy atom. The highest BCUT2D eigenvalue weighted by Crippen LogP contribution is 2.27. The van der Waals surface area contributed by atoms with Gasteiger partial charge in [0, 0.05) is 22.6 Å². The maximum atomic E-state index is 4.42. The van der Waals surface area contributed by atoms with E-state index >= 15 is 0 Å². The Morgan fingerprint density at radius 1 is 1.60 bits per heavy atom. The van der Waals surface area contributed by atoms with E-state index in [1.807, 2.05) is 12.5 Å². The third kappa shape index (κ3) is 3.50. The predicted molar refractivity (Wildman–Crippen MR) is 74.3 cm³/mol. The largest absolute Gasteiger partial charge is 0.279 e. The van der Waals surface area contributed by atoms with Gasteiger partial charge in [-0.05, 0) is 34.0 Å². The molecule has 0 aliphatic rings. The summed E-state index contributed by atoms with van der Waals surface area (Å²) in [6.07, 6.45) is 3.84. The van der Waals surface area contributed by atoms with Gasteiger partial charge < -0.3 is 0 Å². The Kier molecular flexibility index (Phi) is 5.71. The van der Waals surface area contributed by atoms with Crippen molar-refractivity contribution in [3.63, 3.8) is 0 Å². The number of thioether (sulfide) groups is 2. The van der Waals surface area contributed by atoms with Crippen molar-refractivity contribution < 1.29 is 0 Å². The van der Waals surface area contributed by atoms with E-state index in [1.165, 1.54) is 4.90 Å². The molecular formula is C10H13BrN2S2. The summed E-state index contributed by atoms with van der Waals surface area (Å²) in [5.41, 5.74) is 0.986. The Hall–Kier alpha value is -0.000000000000000111. The monoisotopic (exact) mass is 304 g/mol. The molecule has 82 valence electrons. The van der Waals surface area contributed by atoms with Gasteiger partial charge in [-0.15, -0.1) is 23.5 Å². The zero-order valence-electron chi connectivity index (χ0n) is 8.95. The first-order valence-corrected chi connectivity index (χ1v) is 7.52. The summed E-state index contributed by atoms with van der Waals surface area (Å²) >= 11 is 6.85. The second-order valence-electron chi connectivity index (χ2n) is 2.67. The van der Waals surface area contributed by atoms with Crippen molar-refractivity contribution in [3.05, 3.63) is 22.4 Å². The lowest BCUT2D eigenvalue weighted by atomic mass is 10.4. The number of hydrogen-bond acceptors (Lipinski definition) is 4. The molecular weight excluding hydrogens is 292 g/mol. The van der Waals surface area contributed by atoms with Crippen molar-refractivity contribution >= 4 is 44.5 Å². The first-order valence-electron chi connectivity index (χ1n) is 4.52. The van der Waals surface area contributed by atoms with Gasteiger partial charge in [0.25, 0.3) is 0 Å². The lowest BCUT2D eigenvalue weighted by Crippen LogP contribution is -2.01. The van der Waals surface area contributed by atoms with Crippen LogP contribution in [0.1, 0.15) is 12.6 Å². The van der Waals surface area contributed by atoms with Gasteiger partial charge in [-0.2, -0.15) is 0 Å². The van der Waals surface area contributed by atoms with E-state index < -0.39 is 0 Å². The molecule has 0 aliphatic carbocycles. The van der Waals surface area contributed by atoms with E-state index in [1.54, 1.807) is 30.6 Å². The minimum Gasteiger partial charge on any atom is -0.279 e. The van der Waals surface area contributed by atoms with E-state index in [0.717, 1.165) is 21.0 Å². The van der Waals surface area contributed by atoms with E-state index in [2.05, 4.69) is 38.9 Å². The van der Waals surface area contributed by atoms with Gasteiger partial charge in [-0.1, -0.05) is 6.92 Å². The number of aliphatic imine (C=N–C) groups is 1. The van der Waals surface area contributed by atoms with Gasteiger partial charge in [-0.3, -0.25) is 9.98 Å². The standard InChI is InChI=1S/C10H13BrN2S2/c1-4-15-8-5-7(11)6-13-9(8)10(12-2)14-3/h5-6H,4H2,1-3H3/b12-10+. The molecule has 0 unspecified atom stereocenters. The maximum absolute atomic E-state index is 4.42. The number of halogens is 1. The van der Waals surface area contributed by atoms with E-state index in [4.69, 9.17) is 0 Å². The minimum absolute atomic E-state index is 0.985. The van der Waals surface area contributed by atoms with Gasteiger partial charge in [0.05, 0.1) is 0 Å². The molecule has 1 rings (SSSR count). The van der Waals surface area contributed by atoms with Crippen LogP contribution >= 0.6 is 39.5 Å². The lowest BCUT2D eigenvalue weighted by Gasteiger charge is -2.08. The van der Waals surface area contributed by atoms with Gasteiger partial charge in [0.2, 0.25) is 0 Å². The SMILES string of the molecule is CCSc1cc(Br)cnc1/C(=N\C)SC. The van der Waals surface area contributed by atoms with Crippen molar-refractivity contribution in [1.29, 1.82) is 0 Å². The summed E-state index contributed by atoms with van der Waals surface area (Å²) in [5, 5.41) is 0.985. The van der Waals surface area contributed by atoms with Gasteiger partial charge >= 0.3 is 0 Å². The summed E-state index contributed by atoms with van der Waals surface area (Å²) in [6.45, 7) is 2.14. The zero-order chi connectivity index (χ0) is 11.3. The summed E-state index contributed by atoms with van der Waals surface area (Å²) < 4.78 is 1.01. The fraction of sp³-hybridized carbons (Fsp3) is 0.400. The molecule has 1 aromatic rings. The highest BCUT2D eigenvalue weighted by Gasteiger charge is 2.10. The predicted octanol–water partition coefficient (Wildman–Crippen LogP) is 3.70. The van der Waals surface area contributed by atoms with E-state index in [-0.39, 0.29) is 0 Å². The molecule has 0 aliphatic heterocycles. The van der Waals surface area contributed by atoms with Crippen LogP contribution in [0.2, 0.25) is 0 Å². The molecule has 0 radical (unpaired) electrons. The minimum atomic E-state index is 0.985. The normalized spacial score (nSPS) is 11.9. The quantitative estimate of drug-likeness (QED) is 0.484. The topological polar surface area (TPSA) is 25.2 Å². The lowest BCUT2D eigenvalue weighted by molar-refractivity contribution is 1.18. The average molecular weight is 305 g/mol. The highest BCUT2D eigenvalue weighted by atomic mass is 79.9. The van der Waals surface area contributed by atoms with Crippen LogP contribution in [0.25, 0.3) is 0 Å². The Bertz CT molecular complexity index is 366. The van der Waals surface area contributed by atoms with Crippen molar-refractivity contribution in [2.24, 2.45) is 4.99 Å². The van der Waals surface area contributed by atoms with Crippen LogP contribution in [0.5, 0.6) is 0 Å². The molecule has 0 atom stereocenters. The molecule has 0 N–H and O–H groups in total. The number of rotatable bonds is 3. The first-order chi connectivity index (χ1) is 7.22. The average Bonchev–Trinajstić information content (AvgIpc) is 2.23. The van der Waals surface area contributed by atoms with Crippen LogP contribution in [0.3, 0.4) is 0 Å². The highest BCUT2D eigenvalue weighted by molar-refractivity contribution is 9.10. The number of nitrogens with zero attached hydrogens (tertiary/aromatic N) is 2. The van der Waals surface area contributed by atoms with Crippen LogP contribution in [-0.2, 0) is 0 Å². The van der Waals surface area contributed by atoms with Crippen LogP contribution in [-0.4, -0.2) is 29.1 Å². The zero-order valence-corrected chi connectivity index (χ0v) is 12.2. The summed E-state index contributed by atoms with van der Waals surface area (Å²) in [6, 6.07) is 2.10. The number of aromatic nitrogens is 1. The molecule has 0 bridgehead atoms. The van der Waals surface area contributed by atoms with Gasteiger partial charge in [-0.25, -0.2) is 0 Å². The van der Waals surface area contributed by atoms with Crippen molar-refractivity contribution in [2.75, 3.05) is 19.1 Å². The Morgan fingerprint density at radius 2 is 2.33 bits per heavy atom.